The molecule has 11 heteroatoms. The number of nitrogens with zero attached hydrogens (tertiary/aromatic N) is 2. The van der Waals surface area contributed by atoms with Crippen LogP contribution in [0.4, 0.5) is 17.1 Å². The molecule has 26 heavy (non-hydrogen) atoms. The first kappa shape index (κ1) is 19.5. The molecule has 1 fully saturated rings. The van der Waals surface area contributed by atoms with Crippen molar-refractivity contribution < 1.29 is 28.9 Å². The highest BCUT2D eigenvalue weighted by Gasteiger charge is 2.33. The van der Waals surface area contributed by atoms with Gasteiger partial charge in [-0.1, -0.05) is 0 Å². The van der Waals surface area contributed by atoms with Gasteiger partial charge in [0, 0.05) is 20.1 Å². The van der Waals surface area contributed by atoms with E-state index in [0.29, 0.717) is 12.8 Å². The highest BCUT2D eigenvalue weighted by atomic mass is 16.7. The number of nitrogens with one attached hydrogen (secondary N) is 1. The molecule has 0 unspecified atom stereocenters. The number of esters is 1. The molecule has 1 aromatic rings. The molecule has 0 saturated carbocycles. The number of nitro benzene ring substituents is 2. The fourth-order valence-electron chi connectivity index (χ4n) is 2.65. The van der Waals surface area contributed by atoms with Crippen molar-refractivity contribution in [2.75, 3.05) is 19.0 Å². The topological polar surface area (TPSA) is 143 Å². The van der Waals surface area contributed by atoms with Gasteiger partial charge in [0.15, 0.2) is 6.29 Å². The van der Waals surface area contributed by atoms with Crippen molar-refractivity contribution in [2.24, 2.45) is 0 Å². The summed E-state index contributed by atoms with van der Waals surface area (Å²) in [5.74, 6) is -0.413. The third kappa shape index (κ3) is 4.86. The summed E-state index contributed by atoms with van der Waals surface area (Å²) < 4.78 is 15.9. The number of hydrogen-bond acceptors (Lipinski definition) is 9. The first-order chi connectivity index (χ1) is 12.3. The van der Waals surface area contributed by atoms with Crippen molar-refractivity contribution in [3.8, 4) is 0 Å². The lowest BCUT2D eigenvalue weighted by atomic mass is 10.0. The van der Waals surface area contributed by atoms with Crippen molar-refractivity contribution >= 4 is 23.0 Å². The Kier molecular flexibility index (Phi) is 6.41. The van der Waals surface area contributed by atoms with E-state index in [2.05, 4.69) is 5.32 Å². The summed E-state index contributed by atoms with van der Waals surface area (Å²) in [5, 5.41) is 25.0. The third-order valence-electron chi connectivity index (χ3n) is 3.89. The number of nitro groups is 2. The standard InChI is InChI=1S/C15H19N3O8/c1-9(19)25-8-11-4-6-13(15(24-2)26-11)16-12-5-3-10(17(20)21)7-14(12)18(22)23/h3,5,7,11,13,15-16H,4,6,8H2,1-2H3/t11-,13+,15-/m0/s1. The minimum Gasteiger partial charge on any atom is -0.463 e. The van der Waals surface area contributed by atoms with E-state index in [4.69, 9.17) is 14.2 Å². The number of rotatable bonds is 7. The first-order valence-corrected chi connectivity index (χ1v) is 7.82. The Labute approximate surface area is 148 Å². The van der Waals surface area contributed by atoms with E-state index in [9.17, 15) is 25.0 Å². The van der Waals surface area contributed by atoms with Crippen LogP contribution < -0.4 is 5.32 Å². The minimum absolute atomic E-state index is 0.0968. The van der Waals surface area contributed by atoms with E-state index in [0.717, 1.165) is 6.07 Å². The molecule has 1 N–H and O–H groups in total. The van der Waals surface area contributed by atoms with Crippen LogP contribution in [0.15, 0.2) is 18.2 Å². The quantitative estimate of drug-likeness (QED) is 0.433. The molecular weight excluding hydrogens is 350 g/mol. The predicted molar refractivity (Wildman–Crippen MR) is 88.7 cm³/mol. The lowest BCUT2D eigenvalue weighted by molar-refractivity contribution is -0.393. The van der Waals surface area contributed by atoms with Crippen molar-refractivity contribution in [3.05, 3.63) is 38.4 Å². The second kappa shape index (κ2) is 8.54. The summed E-state index contributed by atoms with van der Waals surface area (Å²) in [6, 6.07) is 2.96. The molecule has 1 aromatic carbocycles. The van der Waals surface area contributed by atoms with Gasteiger partial charge in [-0.05, 0) is 18.9 Å². The number of carbonyl (C=O) groups excluding carboxylic acids is 1. The van der Waals surface area contributed by atoms with Gasteiger partial charge >= 0.3 is 5.97 Å². The monoisotopic (exact) mass is 369 g/mol. The van der Waals surface area contributed by atoms with Crippen LogP contribution in [-0.2, 0) is 19.0 Å². The van der Waals surface area contributed by atoms with Gasteiger partial charge < -0.3 is 19.5 Å². The molecule has 0 amide bonds. The second-order valence-corrected chi connectivity index (χ2v) is 5.71. The number of ether oxygens (including phenoxy) is 3. The molecular formula is C15H19N3O8. The second-order valence-electron chi connectivity index (χ2n) is 5.71. The van der Waals surface area contributed by atoms with E-state index in [1.165, 1.54) is 26.2 Å². The van der Waals surface area contributed by atoms with E-state index in [1.807, 2.05) is 0 Å². The van der Waals surface area contributed by atoms with Crippen LogP contribution >= 0.6 is 0 Å². The molecule has 1 aliphatic heterocycles. The maximum atomic E-state index is 11.2. The van der Waals surface area contributed by atoms with Gasteiger partial charge in [0.1, 0.15) is 12.3 Å². The molecule has 1 saturated heterocycles. The van der Waals surface area contributed by atoms with Crippen LogP contribution in [0.2, 0.25) is 0 Å². The summed E-state index contributed by atoms with van der Waals surface area (Å²) in [7, 11) is 1.43. The molecule has 0 aromatic heterocycles. The lowest BCUT2D eigenvalue weighted by Crippen LogP contribution is -2.45. The molecule has 1 aliphatic rings. The summed E-state index contributed by atoms with van der Waals surface area (Å²) >= 11 is 0. The van der Waals surface area contributed by atoms with Gasteiger partial charge in [0.25, 0.3) is 11.4 Å². The van der Waals surface area contributed by atoms with Crippen LogP contribution in [-0.4, -0.2) is 48.0 Å². The molecule has 0 aliphatic carbocycles. The Bertz CT molecular complexity index is 695. The zero-order valence-electron chi connectivity index (χ0n) is 14.2. The Morgan fingerprint density at radius 1 is 1.31 bits per heavy atom. The van der Waals surface area contributed by atoms with E-state index < -0.39 is 33.8 Å². The summed E-state index contributed by atoms with van der Waals surface area (Å²) in [6.07, 6.45) is 0.0253. The van der Waals surface area contributed by atoms with E-state index >= 15 is 0 Å². The zero-order valence-corrected chi connectivity index (χ0v) is 14.2. The molecule has 0 bridgehead atoms. The number of non-ortho nitro benzene ring substituents is 1. The van der Waals surface area contributed by atoms with E-state index in [-0.39, 0.29) is 24.1 Å². The van der Waals surface area contributed by atoms with Crippen LogP contribution in [0.5, 0.6) is 0 Å². The van der Waals surface area contributed by atoms with Crippen molar-refractivity contribution in [1.82, 2.24) is 0 Å². The van der Waals surface area contributed by atoms with Gasteiger partial charge in [0.2, 0.25) is 0 Å². The molecule has 0 spiro atoms. The normalized spacial score (nSPS) is 22.5. The van der Waals surface area contributed by atoms with E-state index in [1.54, 1.807) is 0 Å². The Morgan fingerprint density at radius 3 is 2.62 bits per heavy atom. The number of benzene rings is 1. The van der Waals surface area contributed by atoms with Gasteiger partial charge in [0.05, 0.1) is 28.1 Å². The molecule has 0 radical (unpaired) electrons. The van der Waals surface area contributed by atoms with Crippen LogP contribution in [0, 0.1) is 20.2 Å². The molecule has 142 valence electrons. The van der Waals surface area contributed by atoms with Crippen molar-refractivity contribution in [1.29, 1.82) is 0 Å². The van der Waals surface area contributed by atoms with Gasteiger partial charge in [-0.2, -0.15) is 0 Å². The maximum Gasteiger partial charge on any atom is 0.302 e. The van der Waals surface area contributed by atoms with Crippen molar-refractivity contribution in [2.45, 2.75) is 38.2 Å². The highest BCUT2D eigenvalue weighted by molar-refractivity contribution is 5.66. The zero-order chi connectivity index (χ0) is 19.3. The molecule has 2 rings (SSSR count). The fraction of sp³-hybridized carbons (Fsp3) is 0.533. The summed E-state index contributed by atoms with van der Waals surface area (Å²) in [5.41, 5.74) is -0.641. The predicted octanol–water partition coefficient (Wildman–Crippen LogP) is 2.00. The Balaban J connectivity index is 2.11. The highest BCUT2D eigenvalue weighted by Crippen LogP contribution is 2.32. The third-order valence-corrected chi connectivity index (χ3v) is 3.89. The lowest BCUT2D eigenvalue weighted by Gasteiger charge is -2.36. The van der Waals surface area contributed by atoms with Crippen molar-refractivity contribution in [3.63, 3.8) is 0 Å². The Morgan fingerprint density at radius 2 is 2.04 bits per heavy atom. The summed E-state index contributed by atoms with van der Waals surface area (Å²) in [4.78, 5) is 31.5. The van der Waals surface area contributed by atoms with Crippen LogP contribution in [0.1, 0.15) is 19.8 Å². The number of anilines is 1. The largest absolute Gasteiger partial charge is 0.463 e. The smallest absolute Gasteiger partial charge is 0.302 e. The minimum atomic E-state index is -0.723. The van der Waals surface area contributed by atoms with Crippen LogP contribution in [0.25, 0.3) is 0 Å². The first-order valence-electron chi connectivity index (χ1n) is 7.82. The molecule has 3 atom stereocenters. The average molecular weight is 369 g/mol. The molecule has 11 nitrogen and oxygen atoms in total. The van der Waals surface area contributed by atoms with Gasteiger partial charge in [-0.3, -0.25) is 25.0 Å². The van der Waals surface area contributed by atoms with Crippen LogP contribution in [0.3, 0.4) is 0 Å². The number of carbonyl (C=O) groups is 1. The van der Waals surface area contributed by atoms with Gasteiger partial charge in [-0.15, -0.1) is 0 Å². The summed E-state index contributed by atoms with van der Waals surface area (Å²) in [6.45, 7) is 1.40. The van der Waals surface area contributed by atoms with Gasteiger partial charge in [-0.25, -0.2) is 0 Å². The number of hydrogen-bond donors (Lipinski definition) is 1. The SMILES string of the molecule is CO[C@H]1O[C@H](COC(C)=O)CC[C@H]1Nc1ccc([N+](=O)[O-])cc1[N+](=O)[O-]. The Hall–Kier alpha value is -2.79. The maximum absolute atomic E-state index is 11.2. The fourth-order valence-corrected chi connectivity index (χ4v) is 2.65. The molecule has 1 heterocycles. The average Bonchev–Trinajstić information content (AvgIpc) is 2.60. The number of methoxy groups -OCH3 is 1.